The average molecular weight is 408 g/mol. The monoisotopic (exact) mass is 407 g/mol. The zero-order valence-corrected chi connectivity index (χ0v) is 17.4. The van der Waals surface area contributed by atoms with Crippen LogP contribution in [0, 0.1) is 0 Å². The van der Waals surface area contributed by atoms with Gasteiger partial charge in [0.1, 0.15) is 5.25 Å². The van der Waals surface area contributed by atoms with E-state index in [2.05, 4.69) is 34.8 Å². The largest absolute Gasteiger partial charge is 0.325 e. The molecule has 0 saturated carbocycles. The standard InChI is InChI=1S/C22H25N5OS/c1-3-10-18-24-25-22-27(18)26-19(16-12-6-5-7-13-16)20(29-22)21(28)23-17-14-9-8-11-15(17)4-2/h5-9,11-14,19-20,26H,3-4,10H2,1-2H3,(H,23,28). The van der Waals surface area contributed by atoms with Crippen molar-refractivity contribution in [3.8, 4) is 0 Å². The van der Waals surface area contributed by atoms with Crippen LogP contribution in [0.2, 0.25) is 0 Å². The highest BCUT2D eigenvalue weighted by atomic mass is 32.2. The van der Waals surface area contributed by atoms with E-state index in [1.54, 1.807) is 0 Å². The van der Waals surface area contributed by atoms with Crippen LogP contribution in [0.4, 0.5) is 5.69 Å². The van der Waals surface area contributed by atoms with Crippen LogP contribution in [0.15, 0.2) is 59.8 Å². The average Bonchev–Trinajstić information content (AvgIpc) is 3.16. The molecule has 7 heteroatoms. The fourth-order valence-corrected chi connectivity index (χ4v) is 4.65. The minimum atomic E-state index is -0.367. The zero-order valence-electron chi connectivity index (χ0n) is 16.6. The van der Waals surface area contributed by atoms with Crippen molar-refractivity contribution in [1.82, 2.24) is 14.9 Å². The van der Waals surface area contributed by atoms with Crippen molar-refractivity contribution in [2.24, 2.45) is 0 Å². The van der Waals surface area contributed by atoms with Gasteiger partial charge in [-0.1, -0.05) is 74.1 Å². The van der Waals surface area contributed by atoms with Crippen LogP contribution < -0.4 is 10.7 Å². The smallest absolute Gasteiger partial charge is 0.240 e. The van der Waals surface area contributed by atoms with Crippen molar-refractivity contribution >= 4 is 23.4 Å². The summed E-state index contributed by atoms with van der Waals surface area (Å²) in [5.41, 5.74) is 6.55. The molecule has 3 aromatic rings. The van der Waals surface area contributed by atoms with Crippen molar-refractivity contribution in [1.29, 1.82) is 0 Å². The van der Waals surface area contributed by atoms with Gasteiger partial charge in [-0.25, -0.2) is 4.68 Å². The lowest BCUT2D eigenvalue weighted by Gasteiger charge is -2.33. The molecule has 0 radical (unpaired) electrons. The first-order valence-corrected chi connectivity index (χ1v) is 10.9. The molecule has 150 valence electrons. The minimum Gasteiger partial charge on any atom is -0.325 e. The molecule has 1 aromatic heterocycles. The normalized spacial score (nSPS) is 18.0. The third-order valence-electron chi connectivity index (χ3n) is 5.05. The van der Waals surface area contributed by atoms with E-state index in [0.29, 0.717) is 0 Å². The number of thioether (sulfide) groups is 1. The summed E-state index contributed by atoms with van der Waals surface area (Å²) in [5.74, 6) is 0.856. The third-order valence-corrected chi connectivity index (χ3v) is 6.27. The van der Waals surface area contributed by atoms with Gasteiger partial charge in [0.15, 0.2) is 5.82 Å². The first kappa shape index (κ1) is 19.5. The number of nitrogens with one attached hydrogen (secondary N) is 2. The van der Waals surface area contributed by atoms with Crippen LogP contribution in [0.25, 0.3) is 0 Å². The summed E-state index contributed by atoms with van der Waals surface area (Å²) in [7, 11) is 0. The Kier molecular flexibility index (Phi) is 5.85. The van der Waals surface area contributed by atoms with E-state index in [1.807, 2.05) is 59.3 Å². The van der Waals surface area contributed by atoms with Gasteiger partial charge in [-0.05, 0) is 30.0 Å². The predicted octanol–water partition coefficient (Wildman–Crippen LogP) is 4.19. The first-order chi connectivity index (χ1) is 14.2. The Bertz CT molecular complexity index is 988. The van der Waals surface area contributed by atoms with E-state index in [4.69, 9.17) is 0 Å². The van der Waals surface area contributed by atoms with E-state index >= 15 is 0 Å². The van der Waals surface area contributed by atoms with Gasteiger partial charge < -0.3 is 10.7 Å². The van der Waals surface area contributed by atoms with E-state index in [-0.39, 0.29) is 17.2 Å². The molecule has 1 amide bonds. The molecule has 2 atom stereocenters. The molecule has 4 rings (SSSR count). The van der Waals surface area contributed by atoms with Gasteiger partial charge in [0.05, 0.1) is 6.04 Å². The number of para-hydroxylation sites is 1. The lowest BCUT2D eigenvalue weighted by molar-refractivity contribution is -0.116. The van der Waals surface area contributed by atoms with Crippen molar-refractivity contribution in [2.75, 3.05) is 10.7 Å². The summed E-state index contributed by atoms with van der Waals surface area (Å²) < 4.78 is 1.94. The fourth-order valence-electron chi connectivity index (χ4n) is 3.55. The Morgan fingerprint density at radius 1 is 1.10 bits per heavy atom. The molecule has 1 aliphatic heterocycles. The molecule has 2 heterocycles. The van der Waals surface area contributed by atoms with Crippen LogP contribution in [-0.4, -0.2) is 26.0 Å². The van der Waals surface area contributed by atoms with Gasteiger partial charge in [-0.3, -0.25) is 4.79 Å². The topological polar surface area (TPSA) is 71.8 Å². The second kappa shape index (κ2) is 8.69. The number of aromatic nitrogens is 3. The minimum absolute atomic E-state index is 0.0384. The van der Waals surface area contributed by atoms with Crippen molar-refractivity contribution in [3.63, 3.8) is 0 Å². The van der Waals surface area contributed by atoms with E-state index in [0.717, 1.165) is 47.1 Å². The molecular formula is C22H25N5OS. The molecular weight excluding hydrogens is 382 g/mol. The van der Waals surface area contributed by atoms with Gasteiger partial charge in [-0.2, -0.15) is 0 Å². The Hall–Kier alpha value is -2.80. The molecule has 1 aliphatic rings. The Morgan fingerprint density at radius 3 is 2.62 bits per heavy atom. The third kappa shape index (κ3) is 4.00. The molecule has 2 aromatic carbocycles. The van der Waals surface area contributed by atoms with Gasteiger partial charge in [0, 0.05) is 12.1 Å². The SMILES string of the molecule is CCCc1nnc2n1NC(c1ccccc1)C(C(=O)Nc1ccccc1CC)S2. The number of anilines is 1. The van der Waals surface area contributed by atoms with E-state index in [9.17, 15) is 4.79 Å². The Balaban J connectivity index is 1.66. The maximum Gasteiger partial charge on any atom is 0.240 e. The van der Waals surface area contributed by atoms with E-state index < -0.39 is 0 Å². The molecule has 2 unspecified atom stereocenters. The zero-order chi connectivity index (χ0) is 20.2. The number of rotatable bonds is 6. The number of carbonyl (C=O) groups excluding carboxylic acids is 1. The number of benzene rings is 2. The summed E-state index contributed by atoms with van der Waals surface area (Å²) in [6.45, 7) is 4.21. The summed E-state index contributed by atoms with van der Waals surface area (Å²) >= 11 is 1.46. The number of amides is 1. The Morgan fingerprint density at radius 2 is 1.86 bits per heavy atom. The number of carbonyl (C=O) groups is 1. The Labute approximate surface area is 175 Å². The lowest BCUT2D eigenvalue weighted by atomic mass is 10.0. The van der Waals surface area contributed by atoms with Gasteiger partial charge in [-0.15, -0.1) is 10.2 Å². The van der Waals surface area contributed by atoms with Crippen molar-refractivity contribution in [2.45, 2.75) is 49.6 Å². The van der Waals surface area contributed by atoms with Gasteiger partial charge in [0.25, 0.3) is 0 Å². The summed E-state index contributed by atoms with van der Waals surface area (Å²) in [5, 5.41) is 12.1. The number of hydrogen-bond donors (Lipinski definition) is 2. The van der Waals surface area contributed by atoms with Crippen molar-refractivity contribution in [3.05, 3.63) is 71.5 Å². The van der Waals surface area contributed by atoms with Gasteiger partial charge in [0.2, 0.25) is 11.1 Å². The maximum absolute atomic E-state index is 13.3. The van der Waals surface area contributed by atoms with Crippen LogP contribution in [0.3, 0.4) is 0 Å². The second-order valence-corrected chi connectivity index (χ2v) is 8.15. The van der Waals surface area contributed by atoms with Crippen LogP contribution >= 0.6 is 11.8 Å². The predicted molar refractivity (Wildman–Crippen MR) is 117 cm³/mol. The number of aryl methyl sites for hydroxylation is 2. The first-order valence-electron chi connectivity index (χ1n) is 10.0. The second-order valence-electron chi connectivity index (χ2n) is 7.04. The summed E-state index contributed by atoms with van der Waals surface area (Å²) in [6, 6.07) is 17.8. The number of nitrogens with zero attached hydrogens (tertiary/aromatic N) is 3. The highest BCUT2D eigenvalue weighted by Crippen LogP contribution is 2.37. The quantitative estimate of drug-likeness (QED) is 0.641. The molecule has 0 saturated heterocycles. The van der Waals surface area contributed by atoms with Crippen LogP contribution in [0.5, 0.6) is 0 Å². The maximum atomic E-state index is 13.3. The number of hydrogen-bond acceptors (Lipinski definition) is 5. The molecule has 0 spiro atoms. The molecule has 0 bridgehead atoms. The van der Waals surface area contributed by atoms with Crippen LogP contribution in [-0.2, 0) is 17.6 Å². The summed E-state index contributed by atoms with van der Waals surface area (Å²) in [6.07, 6.45) is 2.68. The fraction of sp³-hybridized carbons (Fsp3) is 0.318. The number of fused-ring (bicyclic) bond motifs is 1. The molecule has 0 aliphatic carbocycles. The van der Waals surface area contributed by atoms with Crippen LogP contribution in [0.1, 0.15) is 43.3 Å². The highest BCUT2D eigenvalue weighted by molar-refractivity contribution is 8.00. The van der Waals surface area contributed by atoms with Gasteiger partial charge >= 0.3 is 0 Å². The summed E-state index contributed by atoms with van der Waals surface area (Å²) in [4.78, 5) is 13.3. The highest BCUT2D eigenvalue weighted by Gasteiger charge is 2.37. The molecule has 0 fully saturated rings. The molecule has 29 heavy (non-hydrogen) atoms. The van der Waals surface area contributed by atoms with Crippen molar-refractivity contribution < 1.29 is 4.79 Å². The molecule has 6 nitrogen and oxygen atoms in total. The lowest BCUT2D eigenvalue weighted by Crippen LogP contribution is -2.41. The van der Waals surface area contributed by atoms with E-state index in [1.165, 1.54) is 11.8 Å². The molecule has 2 N–H and O–H groups in total.